The van der Waals surface area contributed by atoms with Crippen LogP contribution in [0.4, 0.5) is 0 Å². The quantitative estimate of drug-likeness (QED) is 0.503. The minimum absolute atomic E-state index is 0. The van der Waals surface area contributed by atoms with E-state index in [2.05, 4.69) is 51.1 Å². The van der Waals surface area contributed by atoms with Crippen molar-refractivity contribution in [1.82, 2.24) is 0 Å². The third kappa shape index (κ3) is 2.39. The molecule has 0 N–H and O–H groups in total. The third-order valence-electron chi connectivity index (χ3n) is 4.35. The van der Waals surface area contributed by atoms with Gasteiger partial charge in [-0.3, -0.25) is 0 Å². The van der Waals surface area contributed by atoms with Gasteiger partial charge in [0.1, 0.15) is 0 Å². The predicted octanol–water partition coefficient (Wildman–Crippen LogP) is 1.75. The van der Waals surface area contributed by atoms with Crippen molar-refractivity contribution < 1.29 is 29.6 Å². The maximum Gasteiger partial charge on any atom is 1.00 e. The van der Waals surface area contributed by atoms with Gasteiger partial charge in [-0.2, -0.15) is 11.6 Å². The van der Waals surface area contributed by atoms with Crippen LogP contribution in [0.2, 0.25) is 0 Å². The monoisotopic (exact) mass is 272 g/mol. The number of hydrogen-bond donors (Lipinski definition) is 0. The van der Waals surface area contributed by atoms with E-state index in [4.69, 9.17) is 0 Å². The fourth-order valence-electron chi connectivity index (χ4n) is 3.52. The SMILES string of the molecule is CCc1[c-]c2c(c(CC)c1CC)-c1ccccc1C2.[Na+]. The fourth-order valence-corrected chi connectivity index (χ4v) is 3.52. The van der Waals surface area contributed by atoms with Crippen molar-refractivity contribution >= 4 is 0 Å². The fraction of sp³-hybridized carbons (Fsp3) is 0.368. The molecule has 0 spiro atoms. The molecule has 0 heterocycles. The van der Waals surface area contributed by atoms with Crippen LogP contribution in [0.25, 0.3) is 11.1 Å². The van der Waals surface area contributed by atoms with Gasteiger partial charge in [-0.05, 0) is 6.42 Å². The van der Waals surface area contributed by atoms with Crippen molar-refractivity contribution in [3.8, 4) is 11.1 Å². The van der Waals surface area contributed by atoms with Crippen LogP contribution >= 0.6 is 0 Å². The van der Waals surface area contributed by atoms with Crippen LogP contribution in [0.5, 0.6) is 0 Å². The van der Waals surface area contributed by atoms with E-state index in [0.29, 0.717) is 0 Å². The Morgan fingerprint density at radius 2 is 1.65 bits per heavy atom. The molecular formula is C19H21Na. The molecule has 1 aliphatic rings. The van der Waals surface area contributed by atoms with E-state index in [1.807, 2.05) is 0 Å². The topological polar surface area (TPSA) is 0 Å². The third-order valence-corrected chi connectivity index (χ3v) is 4.35. The van der Waals surface area contributed by atoms with Crippen LogP contribution in [0.15, 0.2) is 24.3 Å². The summed E-state index contributed by atoms with van der Waals surface area (Å²) in [7, 11) is 0. The predicted molar refractivity (Wildman–Crippen MR) is 81.7 cm³/mol. The number of fused-ring (bicyclic) bond motifs is 3. The van der Waals surface area contributed by atoms with Crippen molar-refractivity contribution in [2.75, 3.05) is 0 Å². The first-order valence-electron chi connectivity index (χ1n) is 7.47. The first-order valence-corrected chi connectivity index (χ1v) is 7.47. The van der Waals surface area contributed by atoms with Gasteiger partial charge in [0.2, 0.25) is 0 Å². The van der Waals surface area contributed by atoms with E-state index in [-0.39, 0.29) is 29.6 Å². The second kappa shape index (κ2) is 6.47. The van der Waals surface area contributed by atoms with Gasteiger partial charge in [-0.1, -0.05) is 75.4 Å². The average molecular weight is 272 g/mol. The molecule has 0 nitrogen and oxygen atoms in total. The van der Waals surface area contributed by atoms with E-state index >= 15 is 0 Å². The summed E-state index contributed by atoms with van der Waals surface area (Å²) in [6, 6.07) is 12.6. The van der Waals surface area contributed by atoms with Gasteiger partial charge in [-0.25, -0.2) is 0 Å². The molecule has 2 aromatic carbocycles. The summed E-state index contributed by atoms with van der Waals surface area (Å²) in [4.78, 5) is 0. The molecule has 0 aliphatic heterocycles. The minimum atomic E-state index is 0. The summed E-state index contributed by atoms with van der Waals surface area (Å²) in [5, 5.41) is 0. The standard InChI is InChI=1S/C19H21.Na/c1-4-13-11-15-12-14-9-7-8-10-18(14)19(15)17(6-3)16(13)5-2;/h7-10H,4-6,12H2,1-3H3;/q-1;+1. The molecule has 3 rings (SSSR count). The molecule has 0 aromatic heterocycles. The van der Waals surface area contributed by atoms with Crippen molar-refractivity contribution in [2.45, 2.75) is 46.5 Å². The number of benzene rings is 2. The van der Waals surface area contributed by atoms with Crippen molar-refractivity contribution in [1.29, 1.82) is 0 Å². The van der Waals surface area contributed by atoms with Gasteiger partial charge in [0.05, 0.1) is 0 Å². The molecule has 1 heteroatoms. The summed E-state index contributed by atoms with van der Waals surface area (Å²) >= 11 is 0. The average Bonchev–Trinajstić information content (AvgIpc) is 2.83. The van der Waals surface area contributed by atoms with Gasteiger partial charge >= 0.3 is 29.6 Å². The number of rotatable bonds is 3. The summed E-state index contributed by atoms with van der Waals surface area (Å²) < 4.78 is 0. The first kappa shape index (κ1) is 15.8. The first-order chi connectivity index (χ1) is 9.30. The molecule has 2 aromatic rings. The van der Waals surface area contributed by atoms with Crippen LogP contribution in [-0.2, 0) is 25.7 Å². The van der Waals surface area contributed by atoms with Crippen molar-refractivity contribution in [3.63, 3.8) is 0 Å². The Morgan fingerprint density at radius 3 is 2.30 bits per heavy atom. The Hall–Kier alpha value is -0.560. The van der Waals surface area contributed by atoms with Crippen LogP contribution in [0.3, 0.4) is 0 Å². The number of hydrogen-bond acceptors (Lipinski definition) is 0. The minimum Gasteiger partial charge on any atom is -0.176 e. The molecule has 0 amide bonds. The van der Waals surface area contributed by atoms with E-state index in [1.54, 1.807) is 11.1 Å². The summed E-state index contributed by atoms with van der Waals surface area (Å²) in [5.41, 5.74) is 10.4. The van der Waals surface area contributed by atoms with Crippen LogP contribution in [0.1, 0.15) is 48.6 Å². The molecule has 0 fully saturated rings. The van der Waals surface area contributed by atoms with Gasteiger partial charge in [0.15, 0.2) is 0 Å². The molecular weight excluding hydrogens is 251 g/mol. The van der Waals surface area contributed by atoms with Crippen LogP contribution in [-0.4, -0.2) is 0 Å². The maximum absolute atomic E-state index is 3.72. The van der Waals surface area contributed by atoms with Gasteiger partial charge < -0.3 is 0 Å². The Labute approximate surface area is 144 Å². The molecule has 0 saturated carbocycles. The van der Waals surface area contributed by atoms with E-state index in [9.17, 15) is 0 Å². The molecule has 0 radical (unpaired) electrons. The summed E-state index contributed by atoms with van der Waals surface area (Å²) in [6.45, 7) is 6.81. The van der Waals surface area contributed by atoms with Crippen LogP contribution in [0, 0.1) is 6.07 Å². The van der Waals surface area contributed by atoms with Crippen LogP contribution < -0.4 is 29.6 Å². The maximum atomic E-state index is 3.72. The Balaban J connectivity index is 0.00000147. The zero-order valence-electron chi connectivity index (χ0n) is 13.1. The van der Waals surface area contributed by atoms with Crippen molar-refractivity contribution in [2.24, 2.45) is 0 Å². The molecule has 0 atom stereocenters. The zero-order chi connectivity index (χ0) is 13.4. The van der Waals surface area contributed by atoms with Gasteiger partial charge in [0, 0.05) is 0 Å². The van der Waals surface area contributed by atoms with E-state index in [0.717, 1.165) is 25.7 Å². The Kier molecular flexibility index (Phi) is 5.12. The Morgan fingerprint density at radius 1 is 0.950 bits per heavy atom. The molecule has 1 aliphatic carbocycles. The second-order valence-corrected chi connectivity index (χ2v) is 5.31. The Bertz CT molecular complexity index is 626. The smallest absolute Gasteiger partial charge is 0.176 e. The summed E-state index contributed by atoms with van der Waals surface area (Å²) in [5.74, 6) is 0. The molecule has 98 valence electrons. The molecule has 0 bridgehead atoms. The molecule has 0 saturated heterocycles. The second-order valence-electron chi connectivity index (χ2n) is 5.31. The van der Waals surface area contributed by atoms with E-state index in [1.165, 1.54) is 27.8 Å². The number of aryl methyl sites for hydroxylation is 1. The normalized spacial score (nSPS) is 11.8. The van der Waals surface area contributed by atoms with Gasteiger partial charge in [-0.15, -0.1) is 22.3 Å². The zero-order valence-corrected chi connectivity index (χ0v) is 15.1. The molecule has 0 unspecified atom stereocenters. The van der Waals surface area contributed by atoms with Crippen molar-refractivity contribution in [3.05, 3.63) is 58.1 Å². The van der Waals surface area contributed by atoms with E-state index < -0.39 is 0 Å². The summed E-state index contributed by atoms with van der Waals surface area (Å²) in [6.07, 6.45) is 4.41. The molecule has 20 heavy (non-hydrogen) atoms. The van der Waals surface area contributed by atoms with Gasteiger partial charge in [0.25, 0.3) is 0 Å². The largest absolute Gasteiger partial charge is 1.00 e.